The summed E-state index contributed by atoms with van der Waals surface area (Å²) in [6, 6.07) is 7.65. The molecular formula is C16H22ClNO2. The van der Waals surface area contributed by atoms with Crippen molar-refractivity contribution in [1.82, 2.24) is 5.32 Å². The average Bonchev–Trinajstić information content (AvgIpc) is 3.26. The van der Waals surface area contributed by atoms with Crippen LogP contribution in [0.3, 0.4) is 0 Å². The molecule has 1 amide bonds. The highest BCUT2D eigenvalue weighted by Crippen LogP contribution is 2.28. The molecule has 0 heterocycles. The molecule has 0 saturated heterocycles. The van der Waals surface area contributed by atoms with E-state index < -0.39 is 0 Å². The molecule has 1 saturated carbocycles. The Bertz CT molecular complexity index is 432. The van der Waals surface area contributed by atoms with Gasteiger partial charge < -0.3 is 10.1 Å². The number of amides is 1. The lowest BCUT2D eigenvalue weighted by Gasteiger charge is -2.07. The second kappa shape index (κ2) is 8.28. The maximum atomic E-state index is 11.7. The number of carbonyl (C=O) groups is 1. The van der Waals surface area contributed by atoms with Crippen LogP contribution in [-0.4, -0.2) is 25.7 Å². The summed E-state index contributed by atoms with van der Waals surface area (Å²) < 4.78 is 5.52. The Morgan fingerprint density at radius 1 is 1.35 bits per heavy atom. The molecule has 1 aromatic carbocycles. The lowest BCUT2D eigenvalue weighted by atomic mass is 10.1. The van der Waals surface area contributed by atoms with Crippen molar-refractivity contribution in [2.24, 2.45) is 5.92 Å². The van der Waals surface area contributed by atoms with Crippen LogP contribution in [0.25, 0.3) is 0 Å². The number of nitrogens with one attached hydrogen (secondary N) is 1. The molecule has 3 nitrogen and oxygen atoms in total. The third-order valence-electron chi connectivity index (χ3n) is 3.42. The van der Waals surface area contributed by atoms with Gasteiger partial charge in [-0.05, 0) is 43.2 Å². The number of ether oxygens (including phenoxy) is 1. The molecule has 0 unspecified atom stereocenters. The van der Waals surface area contributed by atoms with Crippen LogP contribution in [0.2, 0.25) is 5.02 Å². The van der Waals surface area contributed by atoms with Gasteiger partial charge in [0.2, 0.25) is 5.91 Å². The minimum Gasteiger partial charge on any atom is -0.381 e. The fraction of sp³-hybridized carbons (Fsp3) is 0.562. The highest BCUT2D eigenvalue weighted by molar-refractivity contribution is 6.31. The number of hydrogen-bond acceptors (Lipinski definition) is 2. The third kappa shape index (κ3) is 5.93. The van der Waals surface area contributed by atoms with Crippen molar-refractivity contribution in [1.29, 1.82) is 0 Å². The predicted octanol–water partition coefficient (Wildman–Crippen LogP) is 3.21. The Morgan fingerprint density at radius 3 is 2.90 bits per heavy atom. The fourth-order valence-corrected chi connectivity index (χ4v) is 2.20. The molecule has 2 rings (SSSR count). The Kier molecular flexibility index (Phi) is 6.34. The van der Waals surface area contributed by atoms with E-state index in [1.165, 1.54) is 12.8 Å². The zero-order chi connectivity index (χ0) is 14.2. The first-order valence-corrected chi connectivity index (χ1v) is 7.71. The largest absolute Gasteiger partial charge is 0.381 e. The summed E-state index contributed by atoms with van der Waals surface area (Å²) >= 11 is 6.05. The van der Waals surface area contributed by atoms with E-state index in [2.05, 4.69) is 5.32 Å². The molecule has 0 aromatic heterocycles. The van der Waals surface area contributed by atoms with E-state index >= 15 is 0 Å². The number of rotatable bonds is 9. The molecule has 1 aliphatic rings. The van der Waals surface area contributed by atoms with E-state index in [0.717, 1.165) is 36.1 Å². The summed E-state index contributed by atoms with van der Waals surface area (Å²) in [7, 11) is 0. The maximum Gasteiger partial charge on any atom is 0.220 e. The smallest absolute Gasteiger partial charge is 0.220 e. The first-order chi connectivity index (χ1) is 9.75. The lowest BCUT2D eigenvalue weighted by Crippen LogP contribution is -2.25. The topological polar surface area (TPSA) is 38.3 Å². The minimum absolute atomic E-state index is 0.0760. The van der Waals surface area contributed by atoms with Gasteiger partial charge in [-0.1, -0.05) is 29.8 Å². The Labute approximate surface area is 125 Å². The van der Waals surface area contributed by atoms with Gasteiger partial charge in [0, 0.05) is 31.2 Å². The van der Waals surface area contributed by atoms with Crippen LogP contribution in [0.4, 0.5) is 0 Å². The SMILES string of the molecule is O=C(CCc1ccccc1Cl)NCCCOCC1CC1. The van der Waals surface area contributed by atoms with E-state index in [0.29, 0.717) is 19.4 Å². The fourth-order valence-electron chi connectivity index (χ4n) is 1.97. The van der Waals surface area contributed by atoms with Crippen molar-refractivity contribution in [2.45, 2.75) is 32.1 Å². The summed E-state index contributed by atoms with van der Waals surface area (Å²) in [5.74, 6) is 0.882. The molecule has 0 aliphatic heterocycles. The van der Waals surface area contributed by atoms with Crippen molar-refractivity contribution in [3.8, 4) is 0 Å². The third-order valence-corrected chi connectivity index (χ3v) is 3.79. The Balaban J connectivity index is 1.50. The van der Waals surface area contributed by atoms with Crippen LogP contribution >= 0.6 is 11.6 Å². The molecule has 1 aliphatic carbocycles. The van der Waals surface area contributed by atoms with Crippen LogP contribution < -0.4 is 5.32 Å². The van der Waals surface area contributed by atoms with E-state index in [9.17, 15) is 4.79 Å². The summed E-state index contributed by atoms with van der Waals surface area (Å²) in [4.78, 5) is 11.7. The van der Waals surface area contributed by atoms with Gasteiger partial charge in [0.05, 0.1) is 0 Å². The standard InChI is InChI=1S/C16H22ClNO2/c17-15-5-2-1-4-14(15)8-9-16(19)18-10-3-11-20-12-13-6-7-13/h1-2,4-5,13H,3,6-12H2,(H,18,19). The normalized spacial score (nSPS) is 14.2. The summed E-state index contributed by atoms with van der Waals surface area (Å²) in [5.41, 5.74) is 1.03. The lowest BCUT2D eigenvalue weighted by molar-refractivity contribution is -0.121. The van der Waals surface area contributed by atoms with Crippen LogP contribution in [0.15, 0.2) is 24.3 Å². The zero-order valence-electron chi connectivity index (χ0n) is 11.7. The van der Waals surface area contributed by atoms with Crippen LogP contribution in [0.1, 0.15) is 31.2 Å². The first-order valence-electron chi connectivity index (χ1n) is 7.33. The molecule has 110 valence electrons. The molecule has 1 N–H and O–H groups in total. The van der Waals surface area contributed by atoms with Crippen molar-refractivity contribution >= 4 is 17.5 Å². The van der Waals surface area contributed by atoms with E-state index in [-0.39, 0.29) is 5.91 Å². The Morgan fingerprint density at radius 2 is 2.15 bits per heavy atom. The highest BCUT2D eigenvalue weighted by atomic mass is 35.5. The van der Waals surface area contributed by atoms with E-state index in [1.54, 1.807) is 0 Å². The molecule has 1 fully saturated rings. The highest BCUT2D eigenvalue weighted by Gasteiger charge is 2.20. The Hall–Kier alpha value is -1.06. The maximum absolute atomic E-state index is 11.7. The van der Waals surface area contributed by atoms with Crippen molar-refractivity contribution in [2.75, 3.05) is 19.8 Å². The molecule has 20 heavy (non-hydrogen) atoms. The number of aryl methyl sites for hydroxylation is 1. The second-order valence-corrected chi connectivity index (χ2v) is 5.72. The zero-order valence-corrected chi connectivity index (χ0v) is 12.5. The van der Waals surface area contributed by atoms with Gasteiger partial charge >= 0.3 is 0 Å². The number of halogens is 1. The summed E-state index contributed by atoms with van der Waals surface area (Å²) in [6.45, 7) is 2.31. The van der Waals surface area contributed by atoms with Gasteiger partial charge in [0.25, 0.3) is 0 Å². The molecule has 0 bridgehead atoms. The minimum atomic E-state index is 0.0760. The van der Waals surface area contributed by atoms with Crippen LogP contribution in [0, 0.1) is 5.92 Å². The number of hydrogen-bond donors (Lipinski definition) is 1. The van der Waals surface area contributed by atoms with E-state index in [4.69, 9.17) is 16.3 Å². The molecule has 0 radical (unpaired) electrons. The van der Waals surface area contributed by atoms with Gasteiger partial charge in [-0.2, -0.15) is 0 Å². The van der Waals surface area contributed by atoms with Crippen molar-refractivity contribution < 1.29 is 9.53 Å². The second-order valence-electron chi connectivity index (χ2n) is 5.31. The number of benzene rings is 1. The summed E-state index contributed by atoms with van der Waals surface area (Å²) in [5, 5.41) is 3.64. The van der Waals surface area contributed by atoms with E-state index in [1.807, 2.05) is 24.3 Å². The quantitative estimate of drug-likeness (QED) is 0.711. The molecular weight excluding hydrogens is 274 g/mol. The van der Waals surface area contributed by atoms with Crippen LogP contribution in [-0.2, 0) is 16.0 Å². The predicted molar refractivity (Wildman–Crippen MR) is 80.9 cm³/mol. The van der Waals surface area contributed by atoms with Crippen LogP contribution in [0.5, 0.6) is 0 Å². The number of carbonyl (C=O) groups excluding carboxylic acids is 1. The van der Waals surface area contributed by atoms with Crippen molar-refractivity contribution in [3.05, 3.63) is 34.9 Å². The van der Waals surface area contributed by atoms with Gasteiger partial charge in [-0.15, -0.1) is 0 Å². The average molecular weight is 296 g/mol. The van der Waals surface area contributed by atoms with Gasteiger partial charge in [0.15, 0.2) is 0 Å². The molecule has 0 spiro atoms. The van der Waals surface area contributed by atoms with Gasteiger partial charge in [-0.3, -0.25) is 4.79 Å². The summed E-state index contributed by atoms with van der Waals surface area (Å²) in [6.07, 6.45) is 4.68. The van der Waals surface area contributed by atoms with Gasteiger partial charge in [-0.25, -0.2) is 0 Å². The molecule has 1 aromatic rings. The molecule has 0 atom stereocenters. The van der Waals surface area contributed by atoms with Crippen molar-refractivity contribution in [3.63, 3.8) is 0 Å². The molecule has 4 heteroatoms. The monoisotopic (exact) mass is 295 g/mol. The first kappa shape index (κ1) is 15.3. The van der Waals surface area contributed by atoms with Gasteiger partial charge in [0.1, 0.15) is 0 Å².